The molecule has 1 heterocycles. The molecule has 0 aromatic carbocycles. The fourth-order valence-electron chi connectivity index (χ4n) is 2.54. The van der Waals surface area contributed by atoms with E-state index in [0.717, 1.165) is 24.9 Å². The van der Waals surface area contributed by atoms with Crippen molar-refractivity contribution in [1.82, 2.24) is 10.2 Å². The predicted molar refractivity (Wildman–Crippen MR) is 49.3 cm³/mol. The van der Waals surface area contributed by atoms with E-state index in [9.17, 15) is 4.79 Å². The van der Waals surface area contributed by atoms with Gasteiger partial charge in [-0.3, -0.25) is 0 Å². The highest BCUT2D eigenvalue weighted by molar-refractivity contribution is 5.76. The van der Waals surface area contributed by atoms with Crippen molar-refractivity contribution in [3.63, 3.8) is 0 Å². The molecule has 0 bridgehead atoms. The molecule has 2 amide bonds. The predicted octanol–water partition coefficient (Wildman–Crippen LogP) is 1.20. The zero-order valence-electron chi connectivity index (χ0n) is 7.83. The third-order valence-electron chi connectivity index (χ3n) is 3.46. The molecule has 3 rings (SSSR count). The molecule has 0 spiro atoms. The lowest BCUT2D eigenvalue weighted by atomic mass is 10.1. The van der Waals surface area contributed by atoms with Gasteiger partial charge in [-0.1, -0.05) is 0 Å². The monoisotopic (exact) mass is 180 g/mol. The molecule has 13 heavy (non-hydrogen) atoms. The molecule has 3 nitrogen and oxygen atoms in total. The smallest absolute Gasteiger partial charge is 0.317 e. The van der Waals surface area contributed by atoms with Gasteiger partial charge in [-0.2, -0.15) is 0 Å². The summed E-state index contributed by atoms with van der Waals surface area (Å²) in [6, 6.07) is 0.784. The standard InChI is InChI=1S/C10H16N2O/c13-10-11-5-6-12(10)9(7-1-2-7)8-3-4-8/h7-9H,1-6H2,(H,11,13). The Morgan fingerprint density at radius 1 is 1.23 bits per heavy atom. The van der Waals surface area contributed by atoms with Gasteiger partial charge in [-0.15, -0.1) is 0 Å². The maximum Gasteiger partial charge on any atom is 0.317 e. The summed E-state index contributed by atoms with van der Waals surface area (Å²) in [5, 5.41) is 2.90. The quantitative estimate of drug-likeness (QED) is 0.695. The van der Waals surface area contributed by atoms with E-state index in [0.29, 0.717) is 6.04 Å². The van der Waals surface area contributed by atoms with E-state index in [1.54, 1.807) is 0 Å². The van der Waals surface area contributed by atoms with Crippen molar-refractivity contribution >= 4 is 6.03 Å². The van der Waals surface area contributed by atoms with Crippen LogP contribution in [0.5, 0.6) is 0 Å². The summed E-state index contributed by atoms with van der Waals surface area (Å²) in [5.74, 6) is 1.69. The first-order valence-electron chi connectivity index (χ1n) is 5.41. The zero-order chi connectivity index (χ0) is 8.84. The number of carbonyl (C=O) groups is 1. The summed E-state index contributed by atoms with van der Waals surface area (Å²) in [4.78, 5) is 13.6. The van der Waals surface area contributed by atoms with E-state index in [4.69, 9.17) is 0 Å². The zero-order valence-corrected chi connectivity index (χ0v) is 7.83. The lowest BCUT2D eigenvalue weighted by Gasteiger charge is -2.26. The van der Waals surface area contributed by atoms with E-state index in [1.807, 2.05) is 0 Å². The highest BCUT2D eigenvalue weighted by Gasteiger charge is 2.46. The Balaban J connectivity index is 1.74. The molecular formula is C10H16N2O. The summed E-state index contributed by atoms with van der Waals surface area (Å²) >= 11 is 0. The molecule has 3 aliphatic rings. The van der Waals surface area contributed by atoms with Gasteiger partial charge in [0, 0.05) is 19.1 Å². The number of nitrogens with zero attached hydrogens (tertiary/aromatic N) is 1. The van der Waals surface area contributed by atoms with Crippen LogP contribution in [0.15, 0.2) is 0 Å². The first-order chi connectivity index (χ1) is 6.36. The minimum absolute atomic E-state index is 0.184. The maximum atomic E-state index is 11.5. The van der Waals surface area contributed by atoms with E-state index >= 15 is 0 Å². The summed E-state index contributed by atoms with van der Waals surface area (Å²) in [6.45, 7) is 1.80. The number of urea groups is 1. The van der Waals surface area contributed by atoms with Crippen molar-refractivity contribution in [2.75, 3.05) is 13.1 Å². The van der Waals surface area contributed by atoms with Gasteiger partial charge in [0.1, 0.15) is 0 Å². The maximum absolute atomic E-state index is 11.5. The molecule has 1 saturated heterocycles. The van der Waals surface area contributed by atoms with E-state index < -0.39 is 0 Å². The molecule has 0 unspecified atom stereocenters. The Morgan fingerprint density at radius 2 is 1.85 bits per heavy atom. The van der Waals surface area contributed by atoms with Crippen LogP contribution >= 0.6 is 0 Å². The average molecular weight is 180 g/mol. The van der Waals surface area contributed by atoms with Gasteiger partial charge >= 0.3 is 6.03 Å². The van der Waals surface area contributed by atoms with E-state index in [-0.39, 0.29) is 6.03 Å². The molecule has 2 saturated carbocycles. The van der Waals surface area contributed by atoms with Crippen molar-refractivity contribution < 1.29 is 4.79 Å². The molecule has 72 valence electrons. The second kappa shape index (κ2) is 2.63. The van der Waals surface area contributed by atoms with Gasteiger partial charge in [0.25, 0.3) is 0 Å². The second-order valence-electron chi connectivity index (χ2n) is 4.59. The van der Waals surface area contributed by atoms with Crippen LogP contribution in [-0.2, 0) is 0 Å². The van der Waals surface area contributed by atoms with Crippen molar-refractivity contribution in [2.24, 2.45) is 11.8 Å². The molecule has 0 atom stereocenters. The molecule has 1 N–H and O–H groups in total. The van der Waals surface area contributed by atoms with Crippen molar-refractivity contribution in [3.8, 4) is 0 Å². The Kier molecular flexibility index (Phi) is 1.55. The molecule has 2 aliphatic carbocycles. The lowest BCUT2D eigenvalue weighted by molar-refractivity contribution is 0.180. The molecule has 1 aliphatic heterocycles. The fourth-order valence-corrected chi connectivity index (χ4v) is 2.54. The summed E-state index contributed by atoms with van der Waals surface area (Å²) in [7, 11) is 0. The van der Waals surface area contributed by atoms with Gasteiger partial charge in [-0.25, -0.2) is 4.79 Å². The van der Waals surface area contributed by atoms with Crippen molar-refractivity contribution in [1.29, 1.82) is 0 Å². The molecule has 0 aromatic heterocycles. The lowest BCUT2D eigenvalue weighted by Crippen LogP contribution is -2.40. The molecular weight excluding hydrogens is 164 g/mol. The molecule has 0 radical (unpaired) electrons. The third kappa shape index (κ3) is 1.30. The number of rotatable bonds is 3. The van der Waals surface area contributed by atoms with Crippen LogP contribution in [0.3, 0.4) is 0 Å². The third-order valence-corrected chi connectivity index (χ3v) is 3.46. The normalized spacial score (nSPS) is 28.4. The van der Waals surface area contributed by atoms with Crippen LogP contribution in [0.2, 0.25) is 0 Å². The van der Waals surface area contributed by atoms with Gasteiger partial charge < -0.3 is 10.2 Å². The van der Waals surface area contributed by atoms with Crippen molar-refractivity contribution in [2.45, 2.75) is 31.7 Å². The molecule has 3 fully saturated rings. The van der Waals surface area contributed by atoms with Crippen LogP contribution < -0.4 is 5.32 Å². The Morgan fingerprint density at radius 3 is 2.23 bits per heavy atom. The topological polar surface area (TPSA) is 32.3 Å². The number of hydrogen-bond donors (Lipinski definition) is 1. The van der Waals surface area contributed by atoms with Crippen LogP contribution in [0.4, 0.5) is 4.79 Å². The SMILES string of the molecule is O=C1NCCN1C(C1CC1)C1CC1. The van der Waals surface area contributed by atoms with Gasteiger partial charge in [0.2, 0.25) is 0 Å². The number of amides is 2. The van der Waals surface area contributed by atoms with Gasteiger partial charge in [-0.05, 0) is 37.5 Å². The Hall–Kier alpha value is -0.730. The number of hydrogen-bond acceptors (Lipinski definition) is 1. The largest absolute Gasteiger partial charge is 0.336 e. The van der Waals surface area contributed by atoms with Crippen LogP contribution in [0.25, 0.3) is 0 Å². The highest BCUT2D eigenvalue weighted by atomic mass is 16.2. The first kappa shape index (κ1) is 7.65. The summed E-state index contributed by atoms with van der Waals surface area (Å²) in [5.41, 5.74) is 0. The first-order valence-corrected chi connectivity index (χ1v) is 5.41. The molecule has 0 aromatic rings. The van der Waals surface area contributed by atoms with Crippen LogP contribution in [-0.4, -0.2) is 30.1 Å². The van der Waals surface area contributed by atoms with Gasteiger partial charge in [0.15, 0.2) is 0 Å². The summed E-state index contributed by atoms with van der Waals surface area (Å²) in [6.07, 6.45) is 5.41. The van der Waals surface area contributed by atoms with Crippen molar-refractivity contribution in [3.05, 3.63) is 0 Å². The van der Waals surface area contributed by atoms with Gasteiger partial charge in [0.05, 0.1) is 0 Å². The summed E-state index contributed by atoms with van der Waals surface area (Å²) < 4.78 is 0. The minimum Gasteiger partial charge on any atom is -0.336 e. The van der Waals surface area contributed by atoms with Crippen LogP contribution in [0.1, 0.15) is 25.7 Å². The minimum atomic E-state index is 0.184. The number of carbonyl (C=O) groups excluding carboxylic acids is 1. The Labute approximate surface area is 78.5 Å². The van der Waals surface area contributed by atoms with E-state index in [1.165, 1.54) is 25.7 Å². The highest BCUT2D eigenvalue weighted by Crippen LogP contribution is 2.47. The van der Waals surface area contributed by atoms with E-state index in [2.05, 4.69) is 10.2 Å². The molecule has 3 heteroatoms. The Bertz CT molecular complexity index is 221. The second-order valence-corrected chi connectivity index (χ2v) is 4.59. The fraction of sp³-hybridized carbons (Fsp3) is 0.900. The average Bonchev–Trinajstić information content (AvgIpc) is 2.96. The van der Waals surface area contributed by atoms with Crippen LogP contribution in [0, 0.1) is 11.8 Å². The number of nitrogens with one attached hydrogen (secondary N) is 1.